The summed E-state index contributed by atoms with van der Waals surface area (Å²) < 4.78 is 32.0. The first-order valence-corrected chi connectivity index (χ1v) is 8.40. The molecule has 0 aromatic heterocycles. The topological polar surface area (TPSA) is 55.4 Å². The molecule has 0 unspecified atom stereocenters. The number of sulfonamides is 1. The zero-order valence-electron chi connectivity index (χ0n) is 10.6. The Balaban J connectivity index is 1.92. The molecule has 1 heterocycles. The molecule has 1 N–H and O–H groups in total. The molecule has 2 rings (SSSR count). The second-order valence-electron chi connectivity index (χ2n) is 4.63. The second kappa shape index (κ2) is 6.70. The fourth-order valence-electron chi connectivity index (χ4n) is 2.03. The Kier molecular flexibility index (Phi) is 5.21. The highest BCUT2D eigenvalue weighted by atomic mass is 35.5. The van der Waals surface area contributed by atoms with Crippen molar-refractivity contribution in [1.82, 2.24) is 4.72 Å². The van der Waals surface area contributed by atoms with Crippen LogP contribution in [0.1, 0.15) is 24.0 Å². The van der Waals surface area contributed by atoms with Crippen LogP contribution in [0.3, 0.4) is 0 Å². The molecule has 0 bridgehead atoms. The fourth-order valence-corrected chi connectivity index (χ4v) is 3.63. The van der Waals surface area contributed by atoms with E-state index in [0.29, 0.717) is 38.5 Å². The van der Waals surface area contributed by atoms with Crippen LogP contribution in [0.5, 0.6) is 0 Å². The van der Waals surface area contributed by atoms with Gasteiger partial charge in [-0.15, -0.1) is 11.6 Å². The smallest absolute Gasteiger partial charge is 0.214 e. The van der Waals surface area contributed by atoms with Gasteiger partial charge in [-0.2, -0.15) is 0 Å². The summed E-state index contributed by atoms with van der Waals surface area (Å²) in [6.07, 6.45) is 1.14. The highest BCUT2D eigenvalue weighted by Crippen LogP contribution is 2.15. The molecular formula is C13H18ClNO3S. The monoisotopic (exact) mass is 303 g/mol. The standard InChI is InChI=1S/C13H18ClNO3S/c14-9-11-1-3-12(4-2-11)10-15-19(16,17)13-5-7-18-8-6-13/h1-4,13,15H,5-10H2. The lowest BCUT2D eigenvalue weighted by Crippen LogP contribution is -2.37. The maximum Gasteiger partial charge on any atom is 0.214 e. The van der Waals surface area contributed by atoms with E-state index in [1.165, 1.54) is 0 Å². The Morgan fingerprint density at radius 1 is 1.16 bits per heavy atom. The lowest BCUT2D eigenvalue weighted by Gasteiger charge is -2.22. The van der Waals surface area contributed by atoms with Gasteiger partial charge >= 0.3 is 0 Å². The fraction of sp³-hybridized carbons (Fsp3) is 0.538. The Labute approximate surface area is 119 Å². The molecule has 4 nitrogen and oxygen atoms in total. The summed E-state index contributed by atoms with van der Waals surface area (Å²) in [5.41, 5.74) is 1.96. The largest absolute Gasteiger partial charge is 0.381 e. The number of hydrogen-bond acceptors (Lipinski definition) is 3. The number of hydrogen-bond donors (Lipinski definition) is 1. The van der Waals surface area contributed by atoms with Gasteiger partial charge in [0, 0.05) is 25.6 Å². The molecular weight excluding hydrogens is 286 g/mol. The summed E-state index contributed by atoms with van der Waals surface area (Å²) in [5, 5.41) is -0.330. The zero-order chi connectivity index (χ0) is 13.7. The molecule has 1 aromatic rings. The molecule has 106 valence electrons. The molecule has 1 fully saturated rings. The first kappa shape index (κ1) is 14.8. The summed E-state index contributed by atoms with van der Waals surface area (Å²) in [6, 6.07) is 7.60. The van der Waals surface area contributed by atoms with E-state index in [0.717, 1.165) is 11.1 Å². The predicted molar refractivity (Wildman–Crippen MR) is 75.6 cm³/mol. The Bertz CT molecular complexity index is 495. The van der Waals surface area contributed by atoms with Crippen LogP contribution in [0.15, 0.2) is 24.3 Å². The summed E-state index contributed by atoms with van der Waals surface area (Å²) in [4.78, 5) is 0. The van der Waals surface area contributed by atoms with Crippen LogP contribution in [0.25, 0.3) is 0 Å². The number of halogens is 1. The Morgan fingerprint density at radius 3 is 2.32 bits per heavy atom. The predicted octanol–water partition coefficient (Wildman–Crippen LogP) is 2.02. The third-order valence-corrected chi connectivity index (χ3v) is 5.47. The van der Waals surface area contributed by atoms with Crippen LogP contribution in [0.4, 0.5) is 0 Å². The molecule has 1 saturated heterocycles. The summed E-state index contributed by atoms with van der Waals surface area (Å²) in [5.74, 6) is 0.466. The Morgan fingerprint density at radius 2 is 1.74 bits per heavy atom. The molecule has 1 aliphatic rings. The third-order valence-electron chi connectivity index (χ3n) is 3.26. The molecule has 0 radical (unpaired) electrons. The number of ether oxygens (including phenoxy) is 1. The van der Waals surface area contributed by atoms with Crippen LogP contribution >= 0.6 is 11.6 Å². The van der Waals surface area contributed by atoms with Crippen molar-refractivity contribution in [1.29, 1.82) is 0 Å². The maximum atomic E-state index is 12.1. The van der Waals surface area contributed by atoms with Gasteiger partial charge in [0.1, 0.15) is 0 Å². The van der Waals surface area contributed by atoms with Crippen LogP contribution < -0.4 is 4.72 Å². The van der Waals surface area contributed by atoms with E-state index in [4.69, 9.17) is 16.3 Å². The molecule has 0 spiro atoms. The van der Waals surface area contributed by atoms with Crippen molar-refractivity contribution in [3.05, 3.63) is 35.4 Å². The van der Waals surface area contributed by atoms with E-state index in [9.17, 15) is 8.42 Å². The number of benzene rings is 1. The van der Waals surface area contributed by atoms with Gasteiger partial charge in [-0.1, -0.05) is 24.3 Å². The van der Waals surface area contributed by atoms with Crippen molar-refractivity contribution in [2.45, 2.75) is 30.5 Å². The average Bonchev–Trinajstić information content (AvgIpc) is 2.47. The first-order chi connectivity index (χ1) is 9.12. The van der Waals surface area contributed by atoms with Crippen LogP contribution in [0, 0.1) is 0 Å². The molecule has 6 heteroatoms. The molecule has 0 aliphatic carbocycles. The van der Waals surface area contributed by atoms with Crippen molar-refractivity contribution in [2.75, 3.05) is 13.2 Å². The van der Waals surface area contributed by atoms with Crippen molar-refractivity contribution >= 4 is 21.6 Å². The van der Waals surface area contributed by atoms with Gasteiger partial charge in [-0.3, -0.25) is 0 Å². The van der Waals surface area contributed by atoms with E-state index in [1.54, 1.807) is 0 Å². The van der Waals surface area contributed by atoms with Gasteiger partial charge < -0.3 is 4.74 Å². The molecule has 1 aliphatic heterocycles. The van der Waals surface area contributed by atoms with Gasteiger partial charge in [0.05, 0.1) is 5.25 Å². The van der Waals surface area contributed by atoms with E-state index in [-0.39, 0.29) is 5.25 Å². The first-order valence-electron chi connectivity index (χ1n) is 6.32. The van der Waals surface area contributed by atoms with Gasteiger partial charge in [-0.05, 0) is 24.0 Å². The van der Waals surface area contributed by atoms with E-state index in [2.05, 4.69) is 4.72 Å². The highest BCUT2D eigenvalue weighted by molar-refractivity contribution is 7.90. The number of alkyl halides is 1. The van der Waals surface area contributed by atoms with Crippen molar-refractivity contribution in [2.24, 2.45) is 0 Å². The minimum absolute atomic E-state index is 0.322. The molecule has 0 saturated carbocycles. The number of rotatable bonds is 5. The van der Waals surface area contributed by atoms with Gasteiger partial charge in [0.15, 0.2) is 0 Å². The van der Waals surface area contributed by atoms with Gasteiger partial charge in [0.2, 0.25) is 10.0 Å². The molecule has 0 atom stereocenters. The minimum Gasteiger partial charge on any atom is -0.381 e. The minimum atomic E-state index is -3.25. The van der Waals surface area contributed by atoms with Crippen molar-refractivity contribution in [3.63, 3.8) is 0 Å². The second-order valence-corrected chi connectivity index (χ2v) is 6.94. The van der Waals surface area contributed by atoms with Crippen LogP contribution in [-0.4, -0.2) is 26.9 Å². The van der Waals surface area contributed by atoms with Crippen molar-refractivity contribution < 1.29 is 13.2 Å². The maximum absolute atomic E-state index is 12.1. The van der Waals surface area contributed by atoms with Gasteiger partial charge in [0.25, 0.3) is 0 Å². The third kappa shape index (κ3) is 4.18. The van der Waals surface area contributed by atoms with E-state index in [1.807, 2.05) is 24.3 Å². The normalized spacial score (nSPS) is 17.5. The molecule has 1 aromatic carbocycles. The van der Waals surface area contributed by atoms with E-state index < -0.39 is 10.0 Å². The Hall–Kier alpha value is -0.620. The summed E-state index contributed by atoms with van der Waals surface area (Å²) in [6.45, 7) is 1.37. The summed E-state index contributed by atoms with van der Waals surface area (Å²) in [7, 11) is -3.25. The lowest BCUT2D eigenvalue weighted by molar-refractivity contribution is 0.0981. The highest BCUT2D eigenvalue weighted by Gasteiger charge is 2.27. The van der Waals surface area contributed by atoms with E-state index >= 15 is 0 Å². The molecule has 0 amide bonds. The number of nitrogens with one attached hydrogen (secondary N) is 1. The average molecular weight is 304 g/mol. The summed E-state index contributed by atoms with van der Waals surface area (Å²) >= 11 is 5.71. The molecule has 19 heavy (non-hydrogen) atoms. The zero-order valence-corrected chi connectivity index (χ0v) is 12.2. The lowest BCUT2D eigenvalue weighted by atomic mass is 10.1. The van der Waals surface area contributed by atoms with Crippen LogP contribution in [0.2, 0.25) is 0 Å². The van der Waals surface area contributed by atoms with Crippen LogP contribution in [-0.2, 0) is 27.2 Å². The van der Waals surface area contributed by atoms with Crippen molar-refractivity contribution in [3.8, 4) is 0 Å². The SMILES string of the molecule is O=S(=O)(NCc1ccc(CCl)cc1)C1CCOCC1. The van der Waals surface area contributed by atoms with Gasteiger partial charge in [-0.25, -0.2) is 13.1 Å². The quantitative estimate of drug-likeness (QED) is 0.847.